The summed E-state index contributed by atoms with van der Waals surface area (Å²) in [7, 11) is 1.28. The lowest BCUT2D eigenvalue weighted by atomic mass is 10.0. The molecule has 23 heavy (non-hydrogen) atoms. The molecule has 7 nitrogen and oxygen atoms in total. The van der Waals surface area contributed by atoms with E-state index in [1.54, 1.807) is 20.8 Å². The van der Waals surface area contributed by atoms with Gasteiger partial charge in [-0.2, -0.15) is 0 Å². The number of carbonyl (C=O) groups is 3. The van der Waals surface area contributed by atoms with E-state index in [-0.39, 0.29) is 18.4 Å². The first kappa shape index (κ1) is 17.6. The molecule has 0 N–H and O–H groups in total. The first-order valence-corrected chi connectivity index (χ1v) is 8.09. The summed E-state index contributed by atoms with van der Waals surface area (Å²) >= 11 is 0. The van der Waals surface area contributed by atoms with Crippen molar-refractivity contribution in [1.29, 1.82) is 0 Å². The van der Waals surface area contributed by atoms with Crippen LogP contribution in [-0.4, -0.2) is 66.2 Å². The normalized spacial score (nSPS) is 24.7. The molecule has 0 aromatic heterocycles. The van der Waals surface area contributed by atoms with Crippen LogP contribution in [0.3, 0.4) is 0 Å². The number of ether oxygens (including phenoxy) is 2. The quantitative estimate of drug-likeness (QED) is 0.717. The van der Waals surface area contributed by atoms with Gasteiger partial charge in [0.1, 0.15) is 11.6 Å². The van der Waals surface area contributed by atoms with Crippen molar-refractivity contribution in [3.05, 3.63) is 0 Å². The minimum absolute atomic E-state index is 0.0162. The van der Waals surface area contributed by atoms with Crippen molar-refractivity contribution in [3.8, 4) is 0 Å². The third-order valence-corrected chi connectivity index (χ3v) is 4.17. The van der Waals surface area contributed by atoms with Crippen LogP contribution in [0, 0.1) is 5.92 Å². The van der Waals surface area contributed by atoms with Crippen LogP contribution < -0.4 is 0 Å². The molecule has 2 fully saturated rings. The van der Waals surface area contributed by atoms with Crippen LogP contribution in [0.4, 0.5) is 4.79 Å². The van der Waals surface area contributed by atoms with E-state index in [1.807, 2.05) is 4.90 Å². The molecule has 0 radical (unpaired) electrons. The lowest BCUT2D eigenvalue weighted by Gasteiger charge is -2.27. The van der Waals surface area contributed by atoms with Gasteiger partial charge in [0.15, 0.2) is 0 Å². The van der Waals surface area contributed by atoms with Crippen LogP contribution >= 0.6 is 0 Å². The lowest BCUT2D eigenvalue weighted by molar-refractivity contribution is -0.145. The van der Waals surface area contributed by atoms with E-state index >= 15 is 0 Å². The third-order valence-electron chi connectivity index (χ3n) is 4.17. The SMILES string of the molecule is COC(=O)[C@@H]1C[C@@H](C(=O)N2CCCC2)CN1C(=O)OC(C)(C)C. The zero-order chi connectivity index (χ0) is 17.2. The molecule has 130 valence electrons. The van der Waals surface area contributed by atoms with E-state index in [2.05, 4.69) is 0 Å². The van der Waals surface area contributed by atoms with Gasteiger partial charge >= 0.3 is 12.1 Å². The van der Waals surface area contributed by atoms with E-state index < -0.39 is 23.7 Å². The molecule has 2 saturated heterocycles. The van der Waals surface area contributed by atoms with E-state index in [1.165, 1.54) is 12.0 Å². The molecule has 0 unspecified atom stereocenters. The van der Waals surface area contributed by atoms with Gasteiger partial charge in [0.2, 0.25) is 5.91 Å². The number of hydrogen-bond donors (Lipinski definition) is 0. The molecule has 0 aromatic carbocycles. The zero-order valence-electron chi connectivity index (χ0n) is 14.3. The summed E-state index contributed by atoms with van der Waals surface area (Å²) in [6, 6.07) is -0.758. The van der Waals surface area contributed by atoms with Crippen LogP contribution in [0.5, 0.6) is 0 Å². The molecule has 2 atom stereocenters. The van der Waals surface area contributed by atoms with Gasteiger partial charge < -0.3 is 14.4 Å². The Balaban J connectivity index is 2.10. The molecule has 0 spiro atoms. The fourth-order valence-corrected chi connectivity index (χ4v) is 3.09. The summed E-state index contributed by atoms with van der Waals surface area (Å²) in [5.74, 6) is -0.861. The Morgan fingerprint density at radius 3 is 2.22 bits per heavy atom. The number of hydrogen-bond acceptors (Lipinski definition) is 5. The van der Waals surface area contributed by atoms with E-state index in [4.69, 9.17) is 9.47 Å². The summed E-state index contributed by atoms with van der Waals surface area (Å²) in [4.78, 5) is 40.0. The number of likely N-dealkylation sites (tertiary alicyclic amines) is 2. The Labute approximate surface area is 136 Å². The summed E-state index contributed by atoms with van der Waals surface area (Å²) in [5, 5.41) is 0. The van der Waals surface area contributed by atoms with E-state index in [9.17, 15) is 14.4 Å². The number of carbonyl (C=O) groups excluding carboxylic acids is 3. The molecular formula is C16H26N2O5. The van der Waals surface area contributed by atoms with Crippen molar-refractivity contribution < 1.29 is 23.9 Å². The predicted octanol–water partition coefficient (Wildman–Crippen LogP) is 1.41. The predicted molar refractivity (Wildman–Crippen MR) is 82.7 cm³/mol. The highest BCUT2D eigenvalue weighted by Crippen LogP contribution is 2.28. The van der Waals surface area contributed by atoms with Gasteiger partial charge in [-0.25, -0.2) is 9.59 Å². The molecule has 2 aliphatic heterocycles. The fraction of sp³-hybridized carbons (Fsp3) is 0.812. The minimum atomic E-state index is -0.758. The molecule has 0 aromatic rings. The fourth-order valence-electron chi connectivity index (χ4n) is 3.09. The van der Waals surface area contributed by atoms with Crippen LogP contribution in [0.25, 0.3) is 0 Å². The lowest BCUT2D eigenvalue weighted by Crippen LogP contribution is -2.44. The average Bonchev–Trinajstić information content (AvgIpc) is 3.13. The Kier molecular flexibility index (Phi) is 5.16. The van der Waals surface area contributed by atoms with Crippen LogP contribution in [0.2, 0.25) is 0 Å². The Hall–Kier alpha value is -1.79. The van der Waals surface area contributed by atoms with Gasteiger partial charge in [0, 0.05) is 19.6 Å². The number of nitrogens with zero attached hydrogens (tertiary/aromatic N) is 2. The molecule has 2 rings (SSSR count). The molecular weight excluding hydrogens is 300 g/mol. The topological polar surface area (TPSA) is 76.2 Å². The van der Waals surface area contributed by atoms with Crippen LogP contribution in [0.15, 0.2) is 0 Å². The maximum absolute atomic E-state index is 12.6. The monoisotopic (exact) mass is 326 g/mol. The highest BCUT2D eigenvalue weighted by atomic mass is 16.6. The average molecular weight is 326 g/mol. The van der Waals surface area contributed by atoms with Gasteiger partial charge in [0.05, 0.1) is 13.0 Å². The zero-order valence-corrected chi connectivity index (χ0v) is 14.3. The van der Waals surface area contributed by atoms with Crippen LogP contribution in [0.1, 0.15) is 40.0 Å². The molecule has 7 heteroatoms. The first-order chi connectivity index (χ1) is 10.7. The first-order valence-electron chi connectivity index (χ1n) is 8.09. The molecule has 0 saturated carbocycles. The summed E-state index contributed by atoms with van der Waals surface area (Å²) in [6.07, 6.45) is 1.73. The molecule has 0 aliphatic carbocycles. The van der Waals surface area contributed by atoms with Crippen molar-refractivity contribution >= 4 is 18.0 Å². The van der Waals surface area contributed by atoms with Crippen molar-refractivity contribution in [2.24, 2.45) is 5.92 Å². The Morgan fingerprint density at radius 2 is 1.70 bits per heavy atom. The third kappa shape index (κ3) is 4.14. The maximum Gasteiger partial charge on any atom is 0.411 e. The summed E-state index contributed by atoms with van der Waals surface area (Å²) in [6.45, 7) is 7.00. The van der Waals surface area contributed by atoms with Crippen molar-refractivity contribution in [2.45, 2.75) is 51.7 Å². The maximum atomic E-state index is 12.6. The van der Waals surface area contributed by atoms with E-state index in [0.717, 1.165) is 25.9 Å². The van der Waals surface area contributed by atoms with Gasteiger partial charge in [-0.15, -0.1) is 0 Å². The molecule has 2 aliphatic rings. The Morgan fingerprint density at radius 1 is 1.09 bits per heavy atom. The highest BCUT2D eigenvalue weighted by Gasteiger charge is 2.45. The van der Waals surface area contributed by atoms with Gasteiger partial charge in [0.25, 0.3) is 0 Å². The smallest absolute Gasteiger partial charge is 0.411 e. The summed E-state index contributed by atoms with van der Waals surface area (Å²) < 4.78 is 10.1. The van der Waals surface area contributed by atoms with Crippen molar-refractivity contribution in [1.82, 2.24) is 9.80 Å². The number of amides is 2. The second-order valence-corrected chi connectivity index (χ2v) is 7.14. The molecule has 2 amide bonds. The number of rotatable bonds is 2. The number of esters is 1. The largest absolute Gasteiger partial charge is 0.467 e. The minimum Gasteiger partial charge on any atom is -0.467 e. The second kappa shape index (κ2) is 6.76. The van der Waals surface area contributed by atoms with E-state index in [0.29, 0.717) is 6.42 Å². The van der Waals surface area contributed by atoms with Gasteiger partial charge in [-0.3, -0.25) is 9.69 Å². The second-order valence-electron chi connectivity index (χ2n) is 7.14. The van der Waals surface area contributed by atoms with Gasteiger partial charge in [-0.1, -0.05) is 0 Å². The van der Waals surface area contributed by atoms with Crippen LogP contribution in [-0.2, 0) is 19.1 Å². The van der Waals surface area contributed by atoms with Crippen molar-refractivity contribution in [3.63, 3.8) is 0 Å². The van der Waals surface area contributed by atoms with Crippen molar-refractivity contribution in [2.75, 3.05) is 26.7 Å². The van der Waals surface area contributed by atoms with Gasteiger partial charge in [-0.05, 0) is 40.0 Å². The molecule has 2 heterocycles. The highest BCUT2D eigenvalue weighted by molar-refractivity contribution is 5.86. The number of methoxy groups -OCH3 is 1. The standard InChI is InChI=1S/C16H26N2O5/c1-16(2,3)23-15(21)18-10-11(9-12(18)14(20)22-4)13(19)17-7-5-6-8-17/h11-12H,5-10H2,1-4H3/t11-,12+/m1/s1. The Bertz CT molecular complexity index is 479. The molecule has 0 bridgehead atoms. The summed E-state index contributed by atoms with van der Waals surface area (Å²) in [5.41, 5.74) is -0.658.